The fourth-order valence-electron chi connectivity index (χ4n) is 2.79. The minimum absolute atomic E-state index is 0.0355. The topological polar surface area (TPSA) is 92.5 Å². The molecule has 0 bridgehead atoms. The molecule has 2 fully saturated rings. The minimum Gasteiger partial charge on any atom is -0.354 e. The Hall–Kier alpha value is -0.960. The number of sulfonamides is 1. The normalized spacial score (nSPS) is 20.6. The van der Waals surface area contributed by atoms with Crippen molar-refractivity contribution in [3.8, 4) is 0 Å². The Labute approximate surface area is 141 Å². The van der Waals surface area contributed by atoms with Gasteiger partial charge in [-0.05, 0) is 43.7 Å². The summed E-state index contributed by atoms with van der Waals surface area (Å²) in [6.07, 6.45) is 4.35. The summed E-state index contributed by atoms with van der Waals surface area (Å²) < 4.78 is 26.8. The SMILES string of the molecule is NC(CNC(=O)Cc1ccc(S(=O)(=O)N2CCCC2)s1)C1CC1. The largest absolute Gasteiger partial charge is 0.354 e. The lowest BCUT2D eigenvalue weighted by atomic mass is 10.2. The van der Waals surface area contributed by atoms with Crippen molar-refractivity contribution < 1.29 is 13.2 Å². The van der Waals surface area contributed by atoms with Crippen LogP contribution < -0.4 is 11.1 Å². The van der Waals surface area contributed by atoms with Gasteiger partial charge in [-0.15, -0.1) is 11.3 Å². The lowest BCUT2D eigenvalue weighted by Gasteiger charge is -2.13. The van der Waals surface area contributed by atoms with Crippen LogP contribution in [0.5, 0.6) is 0 Å². The van der Waals surface area contributed by atoms with Crippen LogP contribution >= 0.6 is 11.3 Å². The molecule has 3 N–H and O–H groups in total. The van der Waals surface area contributed by atoms with Crippen LogP contribution in [-0.4, -0.2) is 44.3 Å². The zero-order valence-corrected chi connectivity index (χ0v) is 14.7. The second-order valence-electron chi connectivity index (χ2n) is 6.31. The number of nitrogens with two attached hydrogens (primary N) is 1. The summed E-state index contributed by atoms with van der Waals surface area (Å²) in [7, 11) is -3.38. The number of nitrogens with one attached hydrogen (secondary N) is 1. The second kappa shape index (κ2) is 6.88. The van der Waals surface area contributed by atoms with Crippen LogP contribution in [0.2, 0.25) is 0 Å². The Morgan fingerprint density at radius 1 is 1.35 bits per heavy atom. The minimum atomic E-state index is -3.38. The van der Waals surface area contributed by atoms with E-state index in [1.807, 2.05) is 0 Å². The summed E-state index contributed by atoms with van der Waals surface area (Å²) in [4.78, 5) is 12.7. The highest BCUT2D eigenvalue weighted by Gasteiger charge is 2.29. The second-order valence-corrected chi connectivity index (χ2v) is 9.65. The van der Waals surface area contributed by atoms with Crippen LogP contribution in [0.15, 0.2) is 16.3 Å². The van der Waals surface area contributed by atoms with Gasteiger partial charge in [0, 0.05) is 30.6 Å². The number of carbonyl (C=O) groups excluding carboxylic acids is 1. The van der Waals surface area contributed by atoms with Gasteiger partial charge in [-0.1, -0.05) is 0 Å². The van der Waals surface area contributed by atoms with E-state index in [1.54, 1.807) is 12.1 Å². The van der Waals surface area contributed by atoms with Crippen LogP contribution in [-0.2, 0) is 21.2 Å². The lowest BCUT2D eigenvalue weighted by molar-refractivity contribution is -0.120. The fraction of sp³-hybridized carbons (Fsp3) is 0.667. The molecule has 0 radical (unpaired) electrons. The Bertz CT molecular complexity index is 661. The van der Waals surface area contributed by atoms with Crippen molar-refractivity contribution in [3.63, 3.8) is 0 Å². The molecule has 1 atom stereocenters. The Morgan fingerprint density at radius 3 is 2.70 bits per heavy atom. The summed E-state index contributed by atoms with van der Waals surface area (Å²) in [6.45, 7) is 1.68. The first kappa shape index (κ1) is 16.9. The summed E-state index contributed by atoms with van der Waals surface area (Å²) in [5, 5.41) is 2.84. The number of carbonyl (C=O) groups is 1. The molecule has 1 unspecified atom stereocenters. The molecule has 1 aromatic heterocycles. The van der Waals surface area contributed by atoms with Crippen molar-refractivity contribution in [2.24, 2.45) is 11.7 Å². The molecule has 0 aromatic carbocycles. The summed E-state index contributed by atoms with van der Waals surface area (Å²) in [6, 6.07) is 3.37. The van der Waals surface area contributed by atoms with Crippen LogP contribution in [0.3, 0.4) is 0 Å². The van der Waals surface area contributed by atoms with Crippen molar-refractivity contribution in [2.45, 2.75) is 42.4 Å². The average Bonchev–Trinajstić information content (AvgIpc) is 3.02. The van der Waals surface area contributed by atoms with E-state index in [2.05, 4.69) is 5.32 Å². The molecule has 23 heavy (non-hydrogen) atoms. The highest BCUT2D eigenvalue weighted by Crippen LogP contribution is 2.31. The molecular formula is C15H23N3O3S2. The maximum Gasteiger partial charge on any atom is 0.252 e. The molecule has 1 saturated carbocycles. The van der Waals surface area contributed by atoms with Crippen molar-refractivity contribution >= 4 is 27.3 Å². The van der Waals surface area contributed by atoms with Crippen LogP contribution in [0.25, 0.3) is 0 Å². The molecule has 2 aliphatic rings. The van der Waals surface area contributed by atoms with Gasteiger partial charge in [-0.3, -0.25) is 4.79 Å². The van der Waals surface area contributed by atoms with Crippen molar-refractivity contribution in [1.82, 2.24) is 9.62 Å². The van der Waals surface area contributed by atoms with Crippen LogP contribution in [0, 0.1) is 5.92 Å². The van der Waals surface area contributed by atoms with E-state index in [1.165, 1.54) is 15.6 Å². The van der Waals surface area contributed by atoms with Crippen molar-refractivity contribution in [1.29, 1.82) is 0 Å². The first-order chi connectivity index (χ1) is 11.0. The molecule has 8 heteroatoms. The van der Waals surface area contributed by atoms with Gasteiger partial charge in [-0.25, -0.2) is 8.42 Å². The maximum absolute atomic E-state index is 12.4. The zero-order valence-electron chi connectivity index (χ0n) is 13.0. The van der Waals surface area contributed by atoms with E-state index in [-0.39, 0.29) is 18.4 Å². The number of hydrogen-bond donors (Lipinski definition) is 2. The molecule has 1 aliphatic heterocycles. The first-order valence-electron chi connectivity index (χ1n) is 8.08. The van der Waals surface area contributed by atoms with Gasteiger partial charge in [0.15, 0.2) is 0 Å². The third kappa shape index (κ3) is 4.12. The van der Waals surface area contributed by atoms with Gasteiger partial charge in [0.25, 0.3) is 10.0 Å². The van der Waals surface area contributed by atoms with Gasteiger partial charge >= 0.3 is 0 Å². The smallest absolute Gasteiger partial charge is 0.252 e. The lowest BCUT2D eigenvalue weighted by Crippen LogP contribution is -2.39. The molecular weight excluding hydrogens is 334 g/mol. The van der Waals surface area contributed by atoms with Gasteiger partial charge in [0.2, 0.25) is 5.91 Å². The van der Waals surface area contributed by atoms with E-state index in [9.17, 15) is 13.2 Å². The van der Waals surface area contributed by atoms with E-state index in [4.69, 9.17) is 5.73 Å². The molecule has 1 amide bonds. The maximum atomic E-state index is 12.4. The Morgan fingerprint density at radius 2 is 2.04 bits per heavy atom. The van der Waals surface area contributed by atoms with Crippen LogP contribution in [0.4, 0.5) is 0 Å². The van der Waals surface area contributed by atoms with Gasteiger partial charge in [-0.2, -0.15) is 4.31 Å². The highest BCUT2D eigenvalue weighted by atomic mass is 32.2. The molecule has 1 aliphatic carbocycles. The molecule has 0 spiro atoms. The van der Waals surface area contributed by atoms with Crippen molar-refractivity contribution in [3.05, 3.63) is 17.0 Å². The van der Waals surface area contributed by atoms with Crippen molar-refractivity contribution in [2.75, 3.05) is 19.6 Å². The van der Waals surface area contributed by atoms with Gasteiger partial charge < -0.3 is 11.1 Å². The van der Waals surface area contributed by atoms with Gasteiger partial charge in [0.05, 0.1) is 6.42 Å². The number of thiophene rings is 1. The highest BCUT2D eigenvalue weighted by molar-refractivity contribution is 7.91. The fourth-order valence-corrected chi connectivity index (χ4v) is 5.82. The monoisotopic (exact) mass is 357 g/mol. The summed E-state index contributed by atoms with van der Waals surface area (Å²) in [5.41, 5.74) is 5.95. The summed E-state index contributed by atoms with van der Waals surface area (Å²) >= 11 is 1.19. The third-order valence-corrected chi connectivity index (χ3v) is 7.84. The number of hydrogen-bond acceptors (Lipinski definition) is 5. The molecule has 1 saturated heterocycles. The zero-order chi connectivity index (χ0) is 16.4. The number of nitrogens with zero attached hydrogens (tertiary/aromatic N) is 1. The molecule has 128 valence electrons. The van der Waals surface area contributed by atoms with Crippen LogP contribution in [0.1, 0.15) is 30.6 Å². The first-order valence-corrected chi connectivity index (χ1v) is 10.3. The quantitative estimate of drug-likeness (QED) is 0.759. The van der Waals surface area contributed by atoms with E-state index in [0.717, 1.165) is 30.6 Å². The standard InChI is InChI=1S/C15H23N3O3S2/c16-13(11-3-4-11)10-17-14(19)9-12-5-6-15(22-12)23(20,21)18-7-1-2-8-18/h5-6,11,13H,1-4,7-10,16H2,(H,17,19). The average molecular weight is 358 g/mol. The molecule has 6 nitrogen and oxygen atoms in total. The predicted octanol–water partition coefficient (Wildman–Crippen LogP) is 0.929. The van der Waals surface area contributed by atoms with E-state index in [0.29, 0.717) is 29.8 Å². The van der Waals surface area contributed by atoms with E-state index < -0.39 is 10.0 Å². The summed E-state index contributed by atoms with van der Waals surface area (Å²) in [5.74, 6) is 0.447. The number of rotatable bonds is 7. The predicted molar refractivity (Wildman–Crippen MR) is 89.7 cm³/mol. The molecule has 3 rings (SSSR count). The Balaban J connectivity index is 1.55. The molecule has 1 aromatic rings. The van der Waals surface area contributed by atoms with E-state index >= 15 is 0 Å². The molecule has 2 heterocycles. The van der Waals surface area contributed by atoms with Gasteiger partial charge in [0.1, 0.15) is 4.21 Å². The third-order valence-electron chi connectivity index (χ3n) is 4.39. The Kier molecular flexibility index (Phi) is 5.05. The number of amides is 1.